The van der Waals surface area contributed by atoms with Gasteiger partial charge in [-0.25, -0.2) is 9.18 Å². The lowest BCUT2D eigenvalue weighted by Gasteiger charge is -2.15. The van der Waals surface area contributed by atoms with Crippen molar-refractivity contribution < 1.29 is 28.2 Å². The molecule has 168 valence electrons. The Balaban J connectivity index is 1.91. The summed E-state index contributed by atoms with van der Waals surface area (Å²) in [6.07, 6.45) is 1.65. The Hall–Kier alpha value is -2.14. The van der Waals surface area contributed by atoms with Crippen LogP contribution in [0.3, 0.4) is 0 Å². The van der Waals surface area contributed by atoms with Crippen LogP contribution in [0.4, 0.5) is 10.1 Å². The quantitative estimate of drug-likeness (QED) is 0.248. The first-order valence-corrected chi connectivity index (χ1v) is 11.5. The molecule has 6 nitrogen and oxygen atoms in total. The van der Waals surface area contributed by atoms with Crippen molar-refractivity contribution in [3.63, 3.8) is 0 Å². The van der Waals surface area contributed by atoms with Crippen molar-refractivity contribution in [1.82, 2.24) is 0 Å². The summed E-state index contributed by atoms with van der Waals surface area (Å²) in [6, 6.07) is 7.37. The minimum atomic E-state index is -0.584. The fraction of sp³-hybridized carbons (Fsp3) is 0.190. The molecule has 0 saturated carbocycles. The van der Waals surface area contributed by atoms with Gasteiger partial charge in [0.05, 0.1) is 33.8 Å². The molecular formula is C21H16BrClFNO5S2. The van der Waals surface area contributed by atoms with Crippen molar-refractivity contribution in [2.45, 2.75) is 6.92 Å². The summed E-state index contributed by atoms with van der Waals surface area (Å²) < 4.78 is 30.1. The number of hydrogen-bond acceptors (Lipinski definition) is 7. The number of amides is 1. The number of carbonyl (C=O) groups excluding carboxylic acids is 2. The number of esters is 1. The van der Waals surface area contributed by atoms with Gasteiger partial charge in [0.2, 0.25) is 0 Å². The zero-order valence-corrected chi connectivity index (χ0v) is 20.8. The molecule has 0 bridgehead atoms. The monoisotopic (exact) mass is 559 g/mol. The molecule has 1 fully saturated rings. The van der Waals surface area contributed by atoms with E-state index >= 15 is 0 Å². The second-order valence-electron chi connectivity index (χ2n) is 6.24. The van der Waals surface area contributed by atoms with Crippen LogP contribution in [0, 0.1) is 5.82 Å². The third kappa shape index (κ3) is 5.43. The SMILES string of the molecule is CCOc1cc(/C=C2\SC(=S)N(c3ccc(F)c(Cl)c3)C2=O)cc(Br)c1OCC(=O)OC. The lowest BCUT2D eigenvalue weighted by atomic mass is 10.1. The predicted octanol–water partition coefficient (Wildman–Crippen LogP) is 5.60. The molecule has 0 unspecified atom stereocenters. The summed E-state index contributed by atoms with van der Waals surface area (Å²) >= 11 is 15.7. The Morgan fingerprint density at radius 3 is 2.72 bits per heavy atom. The Morgan fingerprint density at radius 2 is 2.06 bits per heavy atom. The van der Waals surface area contributed by atoms with Gasteiger partial charge in [0.25, 0.3) is 5.91 Å². The van der Waals surface area contributed by atoms with Gasteiger partial charge in [-0.3, -0.25) is 9.69 Å². The van der Waals surface area contributed by atoms with Gasteiger partial charge in [-0.15, -0.1) is 0 Å². The maximum atomic E-state index is 13.5. The van der Waals surface area contributed by atoms with Crippen LogP contribution in [-0.4, -0.2) is 36.5 Å². The summed E-state index contributed by atoms with van der Waals surface area (Å²) in [7, 11) is 1.27. The van der Waals surface area contributed by atoms with Gasteiger partial charge >= 0.3 is 5.97 Å². The Morgan fingerprint density at radius 1 is 1.31 bits per heavy atom. The Kier molecular flexibility index (Phi) is 8.16. The summed E-state index contributed by atoms with van der Waals surface area (Å²) in [6.45, 7) is 1.88. The van der Waals surface area contributed by atoms with E-state index in [1.165, 1.54) is 30.2 Å². The molecule has 2 aromatic rings. The minimum absolute atomic E-state index is 0.103. The van der Waals surface area contributed by atoms with E-state index in [1.54, 1.807) is 18.2 Å². The molecule has 32 heavy (non-hydrogen) atoms. The number of methoxy groups -OCH3 is 1. The number of halogens is 3. The lowest BCUT2D eigenvalue weighted by molar-refractivity contribution is -0.142. The molecule has 3 rings (SSSR count). The molecule has 1 aliphatic heterocycles. The molecule has 11 heteroatoms. The van der Waals surface area contributed by atoms with E-state index in [4.69, 9.17) is 33.3 Å². The molecule has 1 heterocycles. The van der Waals surface area contributed by atoms with Gasteiger partial charge in [0.15, 0.2) is 22.4 Å². The van der Waals surface area contributed by atoms with Gasteiger partial charge in [0.1, 0.15) is 5.82 Å². The highest BCUT2D eigenvalue weighted by Gasteiger charge is 2.33. The molecule has 0 atom stereocenters. The summed E-state index contributed by atoms with van der Waals surface area (Å²) in [4.78, 5) is 26.1. The average Bonchev–Trinajstić information content (AvgIpc) is 3.02. The number of nitrogens with zero attached hydrogens (tertiary/aromatic N) is 1. The van der Waals surface area contributed by atoms with E-state index in [-0.39, 0.29) is 17.5 Å². The van der Waals surface area contributed by atoms with Crippen molar-refractivity contribution >= 4 is 79.5 Å². The van der Waals surface area contributed by atoms with Crippen molar-refractivity contribution in [2.75, 3.05) is 25.2 Å². The first-order chi connectivity index (χ1) is 15.2. The Bertz CT molecular complexity index is 1130. The smallest absolute Gasteiger partial charge is 0.343 e. The highest BCUT2D eigenvalue weighted by molar-refractivity contribution is 9.10. The third-order valence-corrected chi connectivity index (χ3v) is 6.33. The zero-order valence-electron chi connectivity index (χ0n) is 16.8. The normalized spacial score (nSPS) is 14.8. The van der Waals surface area contributed by atoms with Crippen LogP contribution in [0.25, 0.3) is 6.08 Å². The van der Waals surface area contributed by atoms with Crippen LogP contribution in [0.15, 0.2) is 39.7 Å². The maximum Gasteiger partial charge on any atom is 0.343 e. The van der Waals surface area contributed by atoms with Gasteiger partial charge in [0, 0.05) is 0 Å². The first kappa shape index (κ1) is 24.5. The van der Waals surface area contributed by atoms with E-state index in [9.17, 15) is 14.0 Å². The second-order valence-corrected chi connectivity index (χ2v) is 9.18. The molecular weight excluding hydrogens is 545 g/mol. The largest absolute Gasteiger partial charge is 0.490 e. The molecule has 0 aliphatic carbocycles. The predicted molar refractivity (Wildman–Crippen MR) is 130 cm³/mol. The third-order valence-electron chi connectivity index (χ3n) is 4.15. The molecule has 0 N–H and O–H groups in total. The van der Waals surface area contributed by atoms with Crippen molar-refractivity contribution in [3.8, 4) is 11.5 Å². The maximum absolute atomic E-state index is 13.5. The second kappa shape index (κ2) is 10.7. The van der Waals surface area contributed by atoms with E-state index in [2.05, 4.69) is 20.7 Å². The summed E-state index contributed by atoms with van der Waals surface area (Å²) in [5.41, 5.74) is 1.02. The van der Waals surface area contributed by atoms with Crippen LogP contribution < -0.4 is 14.4 Å². The molecule has 1 amide bonds. The highest BCUT2D eigenvalue weighted by Crippen LogP contribution is 2.40. The number of rotatable bonds is 7. The zero-order chi connectivity index (χ0) is 23.4. The van der Waals surface area contributed by atoms with E-state index < -0.39 is 11.8 Å². The van der Waals surface area contributed by atoms with Crippen molar-refractivity contribution in [2.24, 2.45) is 0 Å². The highest BCUT2D eigenvalue weighted by atomic mass is 79.9. The number of ether oxygens (including phenoxy) is 3. The minimum Gasteiger partial charge on any atom is -0.490 e. The van der Waals surface area contributed by atoms with Gasteiger partial charge < -0.3 is 14.2 Å². The number of benzene rings is 2. The standard InChI is InChI=1S/C21H16BrClFNO5S2/c1-3-29-16-7-11(6-13(22)19(16)30-10-18(26)28-2)8-17-20(27)25(21(31)32-17)12-4-5-15(24)14(23)9-12/h4-9H,3,10H2,1-2H3/b17-8-. The number of hydrogen-bond donors (Lipinski definition) is 0. The number of carbonyl (C=O) groups is 2. The van der Waals surface area contributed by atoms with Crippen LogP contribution in [0.1, 0.15) is 12.5 Å². The van der Waals surface area contributed by atoms with Gasteiger partial charge in [-0.2, -0.15) is 0 Å². The summed E-state index contributed by atoms with van der Waals surface area (Å²) in [5.74, 6) is -0.754. The summed E-state index contributed by atoms with van der Waals surface area (Å²) in [5, 5.41) is -0.103. The van der Waals surface area contributed by atoms with E-state index in [0.717, 1.165) is 11.8 Å². The van der Waals surface area contributed by atoms with Gasteiger partial charge in [-0.05, 0) is 64.8 Å². The van der Waals surface area contributed by atoms with Crippen LogP contribution in [0.5, 0.6) is 11.5 Å². The topological polar surface area (TPSA) is 65.1 Å². The van der Waals surface area contributed by atoms with Crippen molar-refractivity contribution in [1.29, 1.82) is 0 Å². The van der Waals surface area contributed by atoms with Crippen LogP contribution in [-0.2, 0) is 14.3 Å². The van der Waals surface area contributed by atoms with E-state index in [0.29, 0.717) is 43.1 Å². The molecule has 0 radical (unpaired) electrons. The molecule has 1 aliphatic rings. The Labute approximate surface area is 206 Å². The van der Waals surface area contributed by atoms with Crippen molar-refractivity contribution in [3.05, 3.63) is 56.1 Å². The van der Waals surface area contributed by atoms with Crippen LogP contribution in [0.2, 0.25) is 5.02 Å². The molecule has 1 saturated heterocycles. The number of thioether (sulfide) groups is 1. The lowest BCUT2D eigenvalue weighted by Crippen LogP contribution is -2.27. The van der Waals surface area contributed by atoms with E-state index in [1.807, 2.05) is 6.92 Å². The fourth-order valence-electron chi connectivity index (χ4n) is 2.73. The van der Waals surface area contributed by atoms with Crippen LogP contribution >= 0.6 is 51.5 Å². The number of thiocarbonyl (C=S) groups is 1. The fourth-order valence-corrected chi connectivity index (χ4v) is 4.78. The number of anilines is 1. The first-order valence-electron chi connectivity index (χ1n) is 9.14. The van der Waals surface area contributed by atoms with Gasteiger partial charge in [-0.1, -0.05) is 35.6 Å². The molecule has 2 aromatic carbocycles. The molecule has 0 aromatic heterocycles. The molecule has 0 spiro atoms. The average molecular weight is 561 g/mol.